The predicted octanol–water partition coefficient (Wildman–Crippen LogP) is 4.37. The predicted molar refractivity (Wildman–Crippen MR) is 88.0 cm³/mol. The van der Waals surface area contributed by atoms with E-state index < -0.39 is 0 Å². The highest BCUT2D eigenvalue weighted by Gasteiger charge is 2.39. The molecule has 3 unspecified atom stereocenters. The third-order valence-corrected chi connectivity index (χ3v) is 5.82. The molecule has 4 heteroatoms. The fourth-order valence-corrected chi connectivity index (χ4v) is 4.84. The summed E-state index contributed by atoms with van der Waals surface area (Å²) in [4.78, 5) is 2.62. The van der Waals surface area contributed by atoms with E-state index in [1.54, 1.807) is 0 Å². The number of halogens is 2. The summed E-state index contributed by atoms with van der Waals surface area (Å²) in [5, 5.41) is 0.828. The Bertz CT molecular complexity index is 480. The third kappa shape index (κ3) is 2.78. The molecule has 1 aliphatic heterocycles. The van der Waals surface area contributed by atoms with E-state index in [2.05, 4.69) is 33.0 Å². The number of fused-ring (bicyclic) bond motifs is 1. The molecule has 2 fully saturated rings. The van der Waals surface area contributed by atoms with Crippen LogP contribution in [0.1, 0.15) is 43.7 Å². The second kappa shape index (κ2) is 6.35. The lowest BCUT2D eigenvalue weighted by molar-refractivity contribution is 0.135. The molecule has 2 aliphatic rings. The number of nitrogens with two attached hydrogens (primary N) is 1. The normalized spacial score (nSPS) is 28.4. The molecule has 1 aliphatic carbocycles. The summed E-state index contributed by atoms with van der Waals surface area (Å²) in [6.45, 7) is 1.81. The van der Waals surface area contributed by atoms with E-state index in [1.807, 2.05) is 6.07 Å². The lowest BCUT2D eigenvalue weighted by atomic mass is 9.84. The van der Waals surface area contributed by atoms with E-state index >= 15 is 0 Å². The van der Waals surface area contributed by atoms with Crippen LogP contribution in [0.15, 0.2) is 22.7 Å². The van der Waals surface area contributed by atoms with E-state index in [0.717, 1.165) is 21.5 Å². The number of benzene rings is 1. The molecular formula is C16H22BrClN2. The number of rotatable bonds is 3. The molecule has 3 rings (SSSR count). The van der Waals surface area contributed by atoms with Crippen LogP contribution in [0.2, 0.25) is 5.02 Å². The first kappa shape index (κ1) is 14.8. The lowest BCUT2D eigenvalue weighted by Crippen LogP contribution is -2.40. The van der Waals surface area contributed by atoms with Crippen molar-refractivity contribution in [3.8, 4) is 0 Å². The smallest absolute Gasteiger partial charge is 0.0488 e. The van der Waals surface area contributed by atoms with Gasteiger partial charge in [-0.1, -0.05) is 46.4 Å². The molecule has 0 bridgehead atoms. The Kier molecular flexibility index (Phi) is 4.71. The van der Waals surface area contributed by atoms with Gasteiger partial charge in [0.25, 0.3) is 0 Å². The van der Waals surface area contributed by atoms with Crippen molar-refractivity contribution in [3.63, 3.8) is 0 Å². The van der Waals surface area contributed by atoms with Gasteiger partial charge in [0.2, 0.25) is 0 Å². The summed E-state index contributed by atoms with van der Waals surface area (Å²) in [5.74, 6) is 0.882. The van der Waals surface area contributed by atoms with Crippen LogP contribution >= 0.6 is 27.5 Å². The molecule has 0 amide bonds. The van der Waals surface area contributed by atoms with E-state index in [9.17, 15) is 0 Å². The van der Waals surface area contributed by atoms with Crippen LogP contribution in [0.25, 0.3) is 0 Å². The summed E-state index contributed by atoms with van der Waals surface area (Å²) >= 11 is 9.92. The molecule has 1 saturated heterocycles. The summed E-state index contributed by atoms with van der Waals surface area (Å²) in [6, 6.07) is 7.16. The van der Waals surface area contributed by atoms with Gasteiger partial charge in [-0.3, -0.25) is 4.90 Å². The van der Waals surface area contributed by atoms with Gasteiger partial charge in [-0.05, 0) is 49.4 Å². The number of nitrogens with zero attached hydrogens (tertiary/aromatic N) is 1. The van der Waals surface area contributed by atoms with Gasteiger partial charge >= 0.3 is 0 Å². The van der Waals surface area contributed by atoms with Crippen molar-refractivity contribution in [1.29, 1.82) is 0 Å². The molecule has 2 N–H and O–H groups in total. The van der Waals surface area contributed by atoms with Crippen LogP contribution in [0.3, 0.4) is 0 Å². The Morgan fingerprint density at radius 2 is 2.10 bits per heavy atom. The second-order valence-electron chi connectivity index (χ2n) is 6.06. The van der Waals surface area contributed by atoms with Crippen LogP contribution in [0.4, 0.5) is 0 Å². The Labute approximate surface area is 134 Å². The highest BCUT2D eigenvalue weighted by Crippen LogP contribution is 2.41. The van der Waals surface area contributed by atoms with Gasteiger partial charge in [-0.2, -0.15) is 0 Å². The van der Waals surface area contributed by atoms with Crippen molar-refractivity contribution >= 4 is 27.5 Å². The van der Waals surface area contributed by atoms with E-state index in [0.29, 0.717) is 6.54 Å². The minimum absolute atomic E-state index is 0.267. The van der Waals surface area contributed by atoms with E-state index in [-0.39, 0.29) is 6.04 Å². The van der Waals surface area contributed by atoms with Crippen molar-refractivity contribution in [3.05, 3.63) is 33.3 Å². The minimum Gasteiger partial charge on any atom is -0.329 e. The molecule has 0 spiro atoms. The summed E-state index contributed by atoms with van der Waals surface area (Å²) < 4.78 is 1.03. The zero-order chi connectivity index (χ0) is 14.1. The average Bonchev–Trinajstić information content (AvgIpc) is 2.86. The molecule has 1 aromatic rings. The van der Waals surface area contributed by atoms with Gasteiger partial charge in [-0.15, -0.1) is 0 Å². The second-order valence-corrected chi connectivity index (χ2v) is 7.38. The largest absolute Gasteiger partial charge is 0.329 e. The van der Waals surface area contributed by atoms with E-state index in [1.165, 1.54) is 44.2 Å². The Morgan fingerprint density at radius 1 is 1.30 bits per heavy atom. The van der Waals surface area contributed by atoms with Gasteiger partial charge in [0.05, 0.1) is 0 Å². The maximum Gasteiger partial charge on any atom is 0.0488 e. The summed E-state index contributed by atoms with van der Waals surface area (Å²) in [6.07, 6.45) is 6.82. The number of likely N-dealkylation sites (tertiary alicyclic amines) is 1. The average molecular weight is 358 g/mol. The topological polar surface area (TPSA) is 29.3 Å². The Morgan fingerprint density at radius 3 is 2.85 bits per heavy atom. The molecule has 20 heavy (non-hydrogen) atoms. The van der Waals surface area contributed by atoms with Gasteiger partial charge in [0.1, 0.15) is 0 Å². The molecule has 1 saturated carbocycles. The summed E-state index contributed by atoms with van der Waals surface area (Å²) in [5.41, 5.74) is 7.29. The zero-order valence-electron chi connectivity index (χ0n) is 11.7. The van der Waals surface area contributed by atoms with Crippen molar-refractivity contribution in [2.45, 2.75) is 44.2 Å². The Balaban J connectivity index is 1.86. The number of hydrogen-bond donors (Lipinski definition) is 1. The summed E-state index contributed by atoms with van der Waals surface area (Å²) in [7, 11) is 0. The van der Waals surface area contributed by atoms with Gasteiger partial charge in [0, 0.05) is 28.1 Å². The lowest BCUT2D eigenvalue weighted by Gasteiger charge is -2.37. The van der Waals surface area contributed by atoms with Gasteiger partial charge in [0.15, 0.2) is 0 Å². The minimum atomic E-state index is 0.267. The van der Waals surface area contributed by atoms with Crippen molar-refractivity contribution in [2.24, 2.45) is 11.7 Å². The molecule has 1 aromatic carbocycles. The molecule has 0 aromatic heterocycles. The Hall–Kier alpha value is -0.0900. The molecule has 0 radical (unpaired) electrons. The third-order valence-electron chi connectivity index (χ3n) is 5.00. The first-order valence-electron chi connectivity index (χ1n) is 7.61. The molecular weight excluding hydrogens is 336 g/mol. The fourth-order valence-electron chi connectivity index (χ4n) is 4.04. The van der Waals surface area contributed by atoms with Gasteiger partial charge < -0.3 is 5.73 Å². The quantitative estimate of drug-likeness (QED) is 0.870. The molecule has 110 valence electrons. The SMILES string of the molecule is NCC(c1ccc(Br)cc1Cl)N1CCC2CCCCC21. The monoisotopic (exact) mass is 356 g/mol. The molecule has 3 atom stereocenters. The van der Waals surface area contributed by atoms with Crippen molar-refractivity contribution in [1.82, 2.24) is 4.90 Å². The van der Waals surface area contributed by atoms with Crippen LogP contribution in [0, 0.1) is 5.92 Å². The maximum atomic E-state index is 6.44. The first-order valence-corrected chi connectivity index (χ1v) is 8.78. The molecule has 1 heterocycles. The van der Waals surface area contributed by atoms with E-state index in [4.69, 9.17) is 17.3 Å². The highest BCUT2D eigenvalue weighted by molar-refractivity contribution is 9.10. The maximum absolute atomic E-state index is 6.44. The zero-order valence-corrected chi connectivity index (χ0v) is 14.0. The first-order chi connectivity index (χ1) is 9.70. The molecule has 2 nitrogen and oxygen atoms in total. The standard InChI is InChI=1S/C16H22BrClN2/c17-12-5-6-13(14(18)9-12)16(10-19)20-8-7-11-3-1-2-4-15(11)20/h5-6,9,11,15-16H,1-4,7-8,10,19H2. The van der Waals surface area contributed by atoms with Crippen LogP contribution in [-0.4, -0.2) is 24.0 Å². The fraction of sp³-hybridized carbons (Fsp3) is 0.625. The van der Waals surface area contributed by atoms with Gasteiger partial charge in [-0.25, -0.2) is 0 Å². The number of hydrogen-bond acceptors (Lipinski definition) is 2. The van der Waals surface area contributed by atoms with Crippen molar-refractivity contribution < 1.29 is 0 Å². The van der Waals surface area contributed by atoms with Crippen molar-refractivity contribution in [2.75, 3.05) is 13.1 Å². The van der Waals surface area contributed by atoms with Crippen LogP contribution in [-0.2, 0) is 0 Å². The van der Waals surface area contributed by atoms with Crippen LogP contribution < -0.4 is 5.73 Å². The highest BCUT2D eigenvalue weighted by atomic mass is 79.9. The van der Waals surface area contributed by atoms with Crippen LogP contribution in [0.5, 0.6) is 0 Å².